The smallest absolute Gasteiger partial charge is 0.322 e. The fraction of sp³-hybridized carbons (Fsp3) is 0.167. The van der Waals surface area contributed by atoms with Crippen LogP contribution < -0.4 is 10.2 Å². The Hall–Kier alpha value is -3.16. The molecule has 1 N–H and O–H groups in total. The van der Waals surface area contributed by atoms with E-state index >= 15 is 0 Å². The van der Waals surface area contributed by atoms with Crippen molar-refractivity contribution in [3.8, 4) is 0 Å². The van der Waals surface area contributed by atoms with Crippen LogP contribution in [0.25, 0.3) is 0 Å². The van der Waals surface area contributed by atoms with E-state index in [1.807, 2.05) is 6.07 Å². The maximum Gasteiger partial charge on any atom is 0.324 e. The molecule has 0 atom stereocenters. The van der Waals surface area contributed by atoms with Gasteiger partial charge in [0.25, 0.3) is 5.91 Å². The van der Waals surface area contributed by atoms with E-state index in [0.717, 1.165) is 24.1 Å². The average Bonchev–Trinajstić information content (AvgIpc) is 2.78. The standard InChI is InChI=1S/C24H19Cl2F2N3O2/c25-20-8-5-15(11-21(20)26)14-30-9-2-10-31(24(30)33)18-4-1-3-17(13-18)29-23(32)19-7-6-16(27)12-22(19)28/h1,3-8,11-13H,2,9-10,14H2,(H,29,32). The van der Waals surface area contributed by atoms with Crippen LogP contribution in [0.4, 0.5) is 25.0 Å². The van der Waals surface area contributed by atoms with Gasteiger partial charge in [-0.2, -0.15) is 0 Å². The van der Waals surface area contributed by atoms with Crippen molar-refractivity contribution in [2.45, 2.75) is 13.0 Å². The van der Waals surface area contributed by atoms with Crippen LogP contribution >= 0.6 is 23.2 Å². The lowest BCUT2D eigenvalue weighted by molar-refractivity contribution is 0.102. The van der Waals surface area contributed by atoms with Crippen LogP contribution in [-0.4, -0.2) is 29.9 Å². The Bertz CT molecular complexity index is 1220. The van der Waals surface area contributed by atoms with E-state index < -0.39 is 17.5 Å². The SMILES string of the molecule is O=C(Nc1cccc(N2CCCN(Cc3ccc(Cl)c(Cl)c3)C2=O)c1)c1ccc(F)cc1F. The van der Waals surface area contributed by atoms with Crippen LogP contribution in [0.1, 0.15) is 22.3 Å². The summed E-state index contributed by atoms with van der Waals surface area (Å²) in [6, 6.07) is 14.5. The predicted octanol–water partition coefficient (Wildman–Crippen LogP) is 6.36. The molecule has 0 radical (unpaired) electrons. The largest absolute Gasteiger partial charge is 0.324 e. The van der Waals surface area contributed by atoms with E-state index in [2.05, 4.69) is 5.32 Å². The van der Waals surface area contributed by atoms with Gasteiger partial charge in [-0.05, 0) is 54.4 Å². The number of halogens is 4. The van der Waals surface area contributed by atoms with Gasteiger partial charge in [-0.25, -0.2) is 13.6 Å². The highest BCUT2D eigenvalue weighted by Crippen LogP contribution is 2.27. The van der Waals surface area contributed by atoms with Crippen LogP contribution in [0.2, 0.25) is 10.0 Å². The van der Waals surface area contributed by atoms with Gasteiger partial charge >= 0.3 is 6.03 Å². The highest BCUT2D eigenvalue weighted by Gasteiger charge is 2.27. The number of nitrogens with one attached hydrogen (secondary N) is 1. The van der Waals surface area contributed by atoms with Crippen molar-refractivity contribution in [2.75, 3.05) is 23.3 Å². The minimum Gasteiger partial charge on any atom is -0.322 e. The van der Waals surface area contributed by atoms with Gasteiger partial charge in [0.05, 0.1) is 15.6 Å². The molecule has 0 aliphatic carbocycles. The molecular weight excluding hydrogens is 471 g/mol. The fourth-order valence-corrected chi connectivity index (χ4v) is 3.97. The van der Waals surface area contributed by atoms with Gasteiger partial charge in [0.2, 0.25) is 0 Å². The van der Waals surface area contributed by atoms with Gasteiger partial charge in [-0.3, -0.25) is 9.69 Å². The first kappa shape index (κ1) is 23.0. The summed E-state index contributed by atoms with van der Waals surface area (Å²) in [7, 11) is 0. The Morgan fingerprint density at radius 3 is 2.55 bits per heavy atom. The Kier molecular flexibility index (Phi) is 6.81. The molecule has 0 aromatic heterocycles. The molecule has 1 fully saturated rings. The molecule has 9 heteroatoms. The number of amides is 3. The molecule has 1 saturated heterocycles. The third kappa shape index (κ3) is 5.26. The third-order valence-electron chi connectivity index (χ3n) is 5.26. The van der Waals surface area contributed by atoms with E-state index in [-0.39, 0.29) is 11.6 Å². The Labute approximate surface area is 199 Å². The predicted molar refractivity (Wildman–Crippen MR) is 125 cm³/mol. The number of carbonyl (C=O) groups is 2. The van der Waals surface area contributed by atoms with Crippen molar-refractivity contribution in [3.05, 3.63) is 93.5 Å². The van der Waals surface area contributed by atoms with Gasteiger partial charge in [-0.1, -0.05) is 35.3 Å². The minimum absolute atomic E-state index is 0.180. The second-order valence-corrected chi connectivity index (χ2v) is 8.40. The van der Waals surface area contributed by atoms with Gasteiger partial charge in [0.1, 0.15) is 11.6 Å². The second-order valence-electron chi connectivity index (χ2n) is 7.59. The van der Waals surface area contributed by atoms with Crippen molar-refractivity contribution in [1.82, 2.24) is 4.90 Å². The average molecular weight is 490 g/mol. The summed E-state index contributed by atoms with van der Waals surface area (Å²) in [5, 5.41) is 3.47. The molecule has 3 amide bonds. The zero-order chi connectivity index (χ0) is 23.5. The van der Waals surface area contributed by atoms with Gasteiger partial charge in [0.15, 0.2) is 0 Å². The molecular formula is C24H19Cl2F2N3O2. The highest BCUT2D eigenvalue weighted by atomic mass is 35.5. The normalized spacial score (nSPS) is 13.9. The lowest BCUT2D eigenvalue weighted by Crippen LogP contribution is -2.49. The molecule has 1 aliphatic rings. The minimum atomic E-state index is -0.951. The van der Waals surface area contributed by atoms with Crippen molar-refractivity contribution in [2.24, 2.45) is 0 Å². The Morgan fingerprint density at radius 2 is 1.79 bits per heavy atom. The first-order valence-corrected chi connectivity index (χ1v) is 10.9. The molecule has 3 aromatic rings. The number of anilines is 2. The molecule has 1 aliphatic heterocycles. The van der Waals surface area contributed by atoms with Gasteiger partial charge in [-0.15, -0.1) is 0 Å². The maximum atomic E-state index is 13.9. The van der Waals surface area contributed by atoms with Crippen LogP contribution in [0.5, 0.6) is 0 Å². The van der Waals surface area contributed by atoms with E-state index in [9.17, 15) is 18.4 Å². The monoisotopic (exact) mass is 489 g/mol. The lowest BCUT2D eigenvalue weighted by Gasteiger charge is -2.36. The molecule has 0 spiro atoms. The first-order valence-electron chi connectivity index (χ1n) is 10.2. The van der Waals surface area contributed by atoms with E-state index in [0.29, 0.717) is 47.1 Å². The molecule has 1 heterocycles. The first-order chi connectivity index (χ1) is 15.8. The summed E-state index contributed by atoms with van der Waals surface area (Å²) in [6.45, 7) is 1.49. The molecule has 3 aromatic carbocycles. The quantitative estimate of drug-likeness (QED) is 0.453. The molecule has 5 nitrogen and oxygen atoms in total. The van der Waals surface area contributed by atoms with Crippen molar-refractivity contribution >= 4 is 46.5 Å². The molecule has 0 bridgehead atoms. The van der Waals surface area contributed by atoms with E-state index in [1.54, 1.807) is 46.2 Å². The summed E-state index contributed by atoms with van der Waals surface area (Å²) >= 11 is 12.1. The van der Waals surface area contributed by atoms with Crippen molar-refractivity contribution in [1.29, 1.82) is 0 Å². The van der Waals surface area contributed by atoms with Crippen LogP contribution in [0.3, 0.4) is 0 Å². The number of benzene rings is 3. The van der Waals surface area contributed by atoms with Gasteiger partial charge in [0, 0.05) is 37.1 Å². The lowest BCUT2D eigenvalue weighted by atomic mass is 10.1. The van der Waals surface area contributed by atoms with E-state index in [4.69, 9.17) is 23.2 Å². The number of hydrogen-bond donors (Lipinski definition) is 1. The number of rotatable bonds is 5. The molecule has 170 valence electrons. The molecule has 4 rings (SSSR count). The zero-order valence-corrected chi connectivity index (χ0v) is 18.8. The third-order valence-corrected chi connectivity index (χ3v) is 6.00. The number of hydrogen-bond acceptors (Lipinski definition) is 2. The fourth-order valence-electron chi connectivity index (χ4n) is 3.65. The van der Waals surface area contributed by atoms with Gasteiger partial charge < -0.3 is 10.2 Å². The summed E-state index contributed by atoms with van der Waals surface area (Å²) in [6.07, 6.45) is 0.754. The van der Waals surface area contributed by atoms with Crippen molar-refractivity contribution in [3.63, 3.8) is 0 Å². The second kappa shape index (κ2) is 9.77. The summed E-state index contributed by atoms with van der Waals surface area (Å²) in [5.74, 6) is -2.43. The molecule has 0 unspecified atom stereocenters. The van der Waals surface area contributed by atoms with E-state index in [1.165, 1.54) is 0 Å². The van der Waals surface area contributed by atoms with Crippen molar-refractivity contribution < 1.29 is 18.4 Å². The van der Waals surface area contributed by atoms with Crippen LogP contribution in [-0.2, 0) is 6.54 Å². The number of nitrogens with zero attached hydrogens (tertiary/aromatic N) is 2. The molecule has 33 heavy (non-hydrogen) atoms. The number of urea groups is 1. The molecule has 0 saturated carbocycles. The Balaban J connectivity index is 1.49. The highest BCUT2D eigenvalue weighted by molar-refractivity contribution is 6.42. The maximum absolute atomic E-state index is 13.9. The number of carbonyl (C=O) groups excluding carboxylic acids is 2. The Morgan fingerprint density at radius 1 is 0.970 bits per heavy atom. The summed E-state index contributed by atoms with van der Waals surface area (Å²) in [4.78, 5) is 28.9. The summed E-state index contributed by atoms with van der Waals surface area (Å²) in [5.41, 5.74) is 1.57. The van der Waals surface area contributed by atoms with Crippen LogP contribution in [0.15, 0.2) is 60.7 Å². The zero-order valence-electron chi connectivity index (χ0n) is 17.3. The topological polar surface area (TPSA) is 52.7 Å². The summed E-state index contributed by atoms with van der Waals surface area (Å²) < 4.78 is 27.0. The van der Waals surface area contributed by atoms with Crippen LogP contribution in [0, 0.1) is 11.6 Å².